The number of piperazine rings is 1. The van der Waals surface area contributed by atoms with E-state index in [1.165, 1.54) is 7.11 Å². The van der Waals surface area contributed by atoms with E-state index in [-0.39, 0.29) is 11.9 Å². The minimum absolute atomic E-state index is 0.109. The third-order valence-corrected chi connectivity index (χ3v) is 3.49. The van der Waals surface area contributed by atoms with Crippen LogP contribution in [0.25, 0.3) is 0 Å². The molecule has 0 bridgehead atoms. The van der Waals surface area contributed by atoms with Crippen LogP contribution in [-0.4, -0.2) is 61.0 Å². The first-order valence-corrected chi connectivity index (χ1v) is 6.06. The minimum Gasteiger partial charge on any atom is -0.466 e. The molecule has 1 rings (SSSR count). The topological polar surface area (TPSA) is 49.9 Å². The SMILES string of the molecule is COC(=O)C(C)=CCN1CCN(C)C(=O)C1(C)C. The molecule has 1 heterocycles. The van der Waals surface area contributed by atoms with E-state index < -0.39 is 5.54 Å². The summed E-state index contributed by atoms with van der Waals surface area (Å²) in [6, 6.07) is 0. The van der Waals surface area contributed by atoms with Crippen LogP contribution in [0.2, 0.25) is 0 Å². The summed E-state index contributed by atoms with van der Waals surface area (Å²) in [5.74, 6) is -0.217. The Balaban J connectivity index is 2.73. The largest absolute Gasteiger partial charge is 0.466 e. The lowest BCUT2D eigenvalue weighted by Crippen LogP contribution is -2.61. The Kier molecular flexibility index (Phi) is 4.51. The van der Waals surface area contributed by atoms with Crippen molar-refractivity contribution in [3.05, 3.63) is 11.6 Å². The first-order valence-electron chi connectivity index (χ1n) is 6.06. The second-order valence-corrected chi connectivity index (χ2v) is 5.11. The summed E-state index contributed by atoms with van der Waals surface area (Å²) < 4.78 is 4.64. The first kappa shape index (κ1) is 14.7. The van der Waals surface area contributed by atoms with Gasteiger partial charge in [-0.2, -0.15) is 0 Å². The van der Waals surface area contributed by atoms with E-state index in [1.54, 1.807) is 11.8 Å². The number of carbonyl (C=O) groups is 2. The number of rotatable bonds is 3. The molecule has 1 fully saturated rings. The lowest BCUT2D eigenvalue weighted by Gasteiger charge is -2.44. The Morgan fingerprint density at radius 1 is 1.44 bits per heavy atom. The average molecular weight is 254 g/mol. The smallest absolute Gasteiger partial charge is 0.333 e. The van der Waals surface area contributed by atoms with E-state index in [4.69, 9.17) is 0 Å². The van der Waals surface area contributed by atoms with E-state index in [0.29, 0.717) is 18.7 Å². The highest BCUT2D eigenvalue weighted by atomic mass is 16.5. The van der Waals surface area contributed by atoms with Crippen molar-refractivity contribution < 1.29 is 14.3 Å². The number of esters is 1. The third kappa shape index (κ3) is 2.90. The normalized spacial score (nSPS) is 21.1. The lowest BCUT2D eigenvalue weighted by atomic mass is 9.97. The van der Waals surface area contributed by atoms with Gasteiger partial charge in [0.05, 0.1) is 12.6 Å². The Hall–Kier alpha value is -1.36. The zero-order valence-corrected chi connectivity index (χ0v) is 11.8. The predicted octanol–water partition coefficient (Wildman–Crippen LogP) is 0.658. The molecule has 0 N–H and O–H groups in total. The molecule has 102 valence electrons. The molecule has 1 amide bonds. The fourth-order valence-corrected chi connectivity index (χ4v) is 2.07. The van der Waals surface area contributed by atoms with Crippen molar-refractivity contribution in [2.45, 2.75) is 26.3 Å². The van der Waals surface area contributed by atoms with Crippen LogP contribution in [0, 0.1) is 0 Å². The molecule has 0 spiro atoms. The predicted molar refractivity (Wildman–Crippen MR) is 69.1 cm³/mol. The number of nitrogens with zero attached hydrogens (tertiary/aromatic N) is 2. The van der Waals surface area contributed by atoms with Gasteiger partial charge < -0.3 is 9.64 Å². The molecule has 0 aliphatic carbocycles. The number of methoxy groups -OCH3 is 1. The number of likely N-dealkylation sites (N-methyl/N-ethyl adjacent to an activating group) is 1. The van der Waals surface area contributed by atoms with Crippen molar-refractivity contribution in [3.63, 3.8) is 0 Å². The monoisotopic (exact) mass is 254 g/mol. The Morgan fingerprint density at radius 3 is 2.61 bits per heavy atom. The molecule has 18 heavy (non-hydrogen) atoms. The summed E-state index contributed by atoms with van der Waals surface area (Å²) in [6.45, 7) is 7.64. The van der Waals surface area contributed by atoms with E-state index in [1.807, 2.05) is 27.0 Å². The summed E-state index contributed by atoms with van der Waals surface area (Å²) in [6.07, 6.45) is 1.81. The van der Waals surface area contributed by atoms with Gasteiger partial charge >= 0.3 is 5.97 Å². The van der Waals surface area contributed by atoms with Gasteiger partial charge in [0.2, 0.25) is 5.91 Å². The maximum atomic E-state index is 12.1. The van der Waals surface area contributed by atoms with Crippen molar-refractivity contribution in [2.75, 3.05) is 33.8 Å². The number of hydrogen-bond acceptors (Lipinski definition) is 4. The van der Waals surface area contributed by atoms with Crippen LogP contribution in [0.15, 0.2) is 11.6 Å². The third-order valence-electron chi connectivity index (χ3n) is 3.49. The van der Waals surface area contributed by atoms with Crippen molar-refractivity contribution >= 4 is 11.9 Å². The summed E-state index contributed by atoms with van der Waals surface area (Å²) in [7, 11) is 3.18. The van der Waals surface area contributed by atoms with Crippen molar-refractivity contribution in [2.24, 2.45) is 0 Å². The van der Waals surface area contributed by atoms with Gasteiger partial charge in [-0.3, -0.25) is 9.69 Å². The zero-order chi connectivity index (χ0) is 13.9. The summed E-state index contributed by atoms with van der Waals surface area (Å²) in [5.41, 5.74) is 0.0413. The number of hydrogen-bond donors (Lipinski definition) is 0. The second-order valence-electron chi connectivity index (χ2n) is 5.11. The van der Waals surface area contributed by atoms with Gasteiger partial charge in [0.1, 0.15) is 0 Å². The highest BCUT2D eigenvalue weighted by Crippen LogP contribution is 2.21. The molecule has 5 nitrogen and oxygen atoms in total. The first-order chi connectivity index (χ1) is 8.30. The number of ether oxygens (including phenoxy) is 1. The average Bonchev–Trinajstić information content (AvgIpc) is 2.34. The second kappa shape index (κ2) is 5.52. The van der Waals surface area contributed by atoms with E-state index in [9.17, 15) is 9.59 Å². The van der Waals surface area contributed by atoms with Crippen molar-refractivity contribution in [3.8, 4) is 0 Å². The Bertz CT molecular complexity index is 374. The molecule has 0 unspecified atom stereocenters. The highest BCUT2D eigenvalue weighted by Gasteiger charge is 2.39. The van der Waals surface area contributed by atoms with Gasteiger partial charge in [-0.1, -0.05) is 6.08 Å². The lowest BCUT2D eigenvalue weighted by molar-refractivity contribution is -0.146. The zero-order valence-electron chi connectivity index (χ0n) is 11.8. The molecule has 0 aromatic heterocycles. The molecular weight excluding hydrogens is 232 g/mol. The van der Waals surface area contributed by atoms with Crippen LogP contribution in [0.1, 0.15) is 20.8 Å². The van der Waals surface area contributed by atoms with Crippen molar-refractivity contribution in [1.29, 1.82) is 0 Å². The van der Waals surface area contributed by atoms with Gasteiger partial charge in [-0.15, -0.1) is 0 Å². The molecule has 0 saturated carbocycles. The number of carbonyl (C=O) groups excluding carboxylic acids is 2. The maximum absolute atomic E-state index is 12.1. The molecule has 1 saturated heterocycles. The molecule has 0 aromatic rings. The van der Waals surface area contributed by atoms with Gasteiger partial charge in [-0.25, -0.2) is 4.79 Å². The van der Waals surface area contributed by atoms with Crippen LogP contribution in [0.4, 0.5) is 0 Å². The summed E-state index contributed by atoms with van der Waals surface area (Å²) in [4.78, 5) is 27.2. The fourth-order valence-electron chi connectivity index (χ4n) is 2.07. The van der Waals surface area contributed by atoms with E-state index in [0.717, 1.165) is 6.54 Å². The van der Waals surface area contributed by atoms with Gasteiger partial charge in [-0.05, 0) is 20.8 Å². The van der Waals surface area contributed by atoms with E-state index in [2.05, 4.69) is 9.64 Å². The molecule has 0 atom stereocenters. The van der Waals surface area contributed by atoms with Crippen LogP contribution < -0.4 is 0 Å². The molecule has 0 aromatic carbocycles. The van der Waals surface area contributed by atoms with Crippen molar-refractivity contribution in [1.82, 2.24) is 9.80 Å². The van der Waals surface area contributed by atoms with Crippen LogP contribution in [-0.2, 0) is 14.3 Å². The summed E-state index contributed by atoms with van der Waals surface area (Å²) in [5, 5.41) is 0. The van der Waals surface area contributed by atoms with Gasteiger partial charge in [0.15, 0.2) is 0 Å². The maximum Gasteiger partial charge on any atom is 0.333 e. The van der Waals surface area contributed by atoms with Gasteiger partial charge in [0.25, 0.3) is 0 Å². The Morgan fingerprint density at radius 2 is 2.06 bits per heavy atom. The number of amides is 1. The fraction of sp³-hybridized carbons (Fsp3) is 0.692. The molecular formula is C13H22N2O3. The van der Waals surface area contributed by atoms with Crippen LogP contribution >= 0.6 is 0 Å². The molecule has 1 aliphatic heterocycles. The highest BCUT2D eigenvalue weighted by molar-refractivity contribution is 5.88. The van der Waals surface area contributed by atoms with E-state index >= 15 is 0 Å². The van der Waals surface area contributed by atoms with Crippen LogP contribution in [0.3, 0.4) is 0 Å². The summed E-state index contributed by atoms with van der Waals surface area (Å²) >= 11 is 0. The van der Waals surface area contributed by atoms with Crippen LogP contribution in [0.5, 0.6) is 0 Å². The minimum atomic E-state index is -0.528. The quantitative estimate of drug-likeness (QED) is 0.548. The molecule has 0 radical (unpaired) electrons. The molecule has 5 heteroatoms. The standard InChI is InChI=1S/C13H22N2O3/c1-10(11(16)18-5)6-7-15-9-8-14(4)12(17)13(15,2)3/h6H,7-9H2,1-5H3. The molecule has 1 aliphatic rings. The van der Waals surface area contributed by atoms with Gasteiger partial charge in [0, 0.05) is 32.3 Å². The Labute approximate surface area is 108 Å².